The van der Waals surface area contributed by atoms with E-state index in [-0.39, 0.29) is 6.04 Å². The maximum atomic E-state index is 5.91. The van der Waals surface area contributed by atoms with Gasteiger partial charge in [0.1, 0.15) is 0 Å². The summed E-state index contributed by atoms with van der Waals surface area (Å²) in [7, 11) is 0. The minimum absolute atomic E-state index is 0.217. The van der Waals surface area contributed by atoms with Crippen LogP contribution in [0.3, 0.4) is 0 Å². The predicted molar refractivity (Wildman–Crippen MR) is 150 cm³/mol. The van der Waals surface area contributed by atoms with Crippen LogP contribution in [0.2, 0.25) is 0 Å². The zero-order valence-corrected chi connectivity index (χ0v) is 22.3. The Morgan fingerprint density at radius 2 is 1.47 bits per heavy atom. The van der Waals surface area contributed by atoms with E-state index < -0.39 is 0 Å². The highest BCUT2D eigenvalue weighted by Crippen LogP contribution is 2.40. The van der Waals surface area contributed by atoms with Gasteiger partial charge in [-0.1, -0.05) is 59.3 Å². The van der Waals surface area contributed by atoms with Gasteiger partial charge < -0.3 is 9.84 Å². The second-order valence-corrected chi connectivity index (χ2v) is 10.0. The van der Waals surface area contributed by atoms with E-state index >= 15 is 0 Å². The molecule has 5 nitrogen and oxygen atoms in total. The minimum atomic E-state index is -0.217. The number of nitrogens with zero attached hydrogens (tertiary/aromatic N) is 3. The molecule has 1 aliphatic heterocycles. The first kappa shape index (κ1) is 23.9. The summed E-state index contributed by atoms with van der Waals surface area (Å²) in [5.74, 6) is 1.05. The fraction of sp³-hybridized carbons (Fsp3) is 0.233. The first-order valence-electron chi connectivity index (χ1n) is 12.1. The lowest BCUT2D eigenvalue weighted by molar-refractivity contribution is 0.404. The Morgan fingerprint density at radius 1 is 0.806 bits per heavy atom. The summed E-state index contributed by atoms with van der Waals surface area (Å²) in [6, 6.07) is 20.8. The fourth-order valence-corrected chi connectivity index (χ4v) is 4.90. The van der Waals surface area contributed by atoms with Crippen molar-refractivity contribution in [1.82, 2.24) is 15.5 Å². The lowest BCUT2D eigenvalue weighted by Gasteiger charge is -2.37. The van der Waals surface area contributed by atoms with Crippen LogP contribution >= 0.6 is 12.2 Å². The molecule has 2 heterocycles. The Bertz CT molecular complexity index is 1500. The summed E-state index contributed by atoms with van der Waals surface area (Å²) < 4.78 is 5.90. The average Bonchev–Trinajstić information content (AvgIpc) is 3.33. The highest BCUT2D eigenvalue weighted by atomic mass is 32.1. The van der Waals surface area contributed by atoms with Crippen molar-refractivity contribution in [3.05, 3.63) is 106 Å². The number of allylic oxidation sites excluding steroid dienone is 1. The minimum Gasteiger partial charge on any atom is -0.351 e. The Balaban J connectivity index is 1.67. The van der Waals surface area contributed by atoms with E-state index in [9.17, 15) is 0 Å². The average molecular weight is 495 g/mol. The van der Waals surface area contributed by atoms with E-state index in [1.54, 1.807) is 0 Å². The number of hydrogen-bond acceptors (Lipinski definition) is 4. The van der Waals surface area contributed by atoms with Crippen molar-refractivity contribution >= 4 is 28.6 Å². The van der Waals surface area contributed by atoms with Crippen LogP contribution in [0.15, 0.2) is 70.9 Å². The Kier molecular flexibility index (Phi) is 6.22. The van der Waals surface area contributed by atoms with Crippen LogP contribution in [0.4, 0.5) is 5.69 Å². The maximum Gasteiger partial charge on any atom is 0.258 e. The Hall–Kier alpha value is -3.77. The third-order valence-electron chi connectivity index (χ3n) is 7.06. The Labute approximate surface area is 217 Å². The summed E-state index contributed by atoms with van der Waals surface area (Å²) in [5, 5.41) is 8.54. The van der Waals surface area contributed by atoms with E-state index in [0.29, 0.717) is 16.8 Å². The van der Waals surface area contributed by atoms with Gasteiger partial charge in [-0.3, -0.25) is 4.90 Å². The van der Waals surface area contributed by atoms with Gasteiger partial charge in [-0.05, 0) is 93.7 Å². The van der Waals surface area contributed by atoms with Gasteiger partial charge in [-0.15, -0.1) is 0 Å². The van der Waals surface area contributed by atoms with Crippen molar-refractivity contribution in [2.75, 3.05) is 4.90 Å². The van der Waals surface area contributed by atoms with Crippen molar-refractivity contribution in [2.45, 2.75) is 47.6 Å². The SMILES string of the molecule is CC1=C(c2nc(-c3ccc(C)cc3)no2)C(c2ccc(C)c(C)c2)NC(=S)N1c1ccc(C)c(C)c1. The number of thiocarbonyl (C=S) groups is 1. The van der Waals surface area contributed by atoms with Gasteiger partial charge in [0.2, 0.25) is 5.82 Å². The molecule has 0 fully saturated rings. The van der Waals surface area contributed by atoms with Crippen molar-refractivity contribution in [1.29, 1.82) is 0 Å². The zero-order valence-electron chi connectivity index (χ0n) is 21.5. The van der Waals surface area contributed by atoms with Crippen LogP contribution in [0.25, 0.3) is 17.0 Å². The number of aryl methyl sites for hydroxylation is 5. The van der Waals surface area contributed by atoms with Crippen molar-refractivity contribution in [3.63, 3.8) is 0 Å². The van der Waals surface area contributed by atoms with Gasteiger partial charge in [0, 0.05) is 16.9 Å². The molecule has 1 aliphatic rings. The molecule has 4 aromatic rings. The Morgan fingerprint density at radius 3 is 2.14 bits per heavy atom. The number of anilines is 1. The van der Waals surface area contributed by atoms with Gasteiger partial charge in [0.15, 0.2) is 5.11 Å². The molecular formula is C30H30N4OS. The topological polar surface area (TPSA) is 54.2 Å². The summed E-state index contributed by atoms with van der Waals surface area (Å²) in [4.78, 5) is 6.90. The molecule has 0 aliphatic carbocycles. The smallest absolute Gasteiger partial charge is 0.258 e. The summed E-state index contributed by atoms with van der Waals surface area (Å²) in [6.07, 6.45) is 0. The van der Waals surface area contributed by atoms with Crippen LogP contribution in [-0.4, -0.2) is 15.3 Å². The van der Waals surface area contributed by atoms with E-state index in [0.717, 1.165) is 28.1 Å². The van der Waals surface area contributed by atoms with Gasteiger partial charge >= 0.3 is 0 Å². The lowest BCUT2D eigenvalue weighted by atomic mass is 9.92. The maximum absolute atomic E-state index is 5.91. The van der Waals surface area contributed by atoms with E-state index in [1.165, 1.54) is 27.8 Å². The lowest BCUT2D eigenvalue weighted by Crippen LogP contribution is -2.46. The van der Waals surface area contributed by atoms with Crippen LogP contribution in [0.5, 0.6) is 0 Å². The van der Waals surface area contributed by atoms with Crippen molar-refractivity contribution in [3.8, 4) is 11.4 Å². The standard InChI is InChI=1S/C30H30N4OS/c1-17-7-11-23(12-8-17)28-32-29(35-33-28)26-22(6)34(25-14-10-19(3)21(5)16-25)30(36)31-27(26)24-13-9-18(2)20(4)15-24/h7-16,27H,1-6H3,(H,31,36). The number of nitrogens with one attached hydrogen (secondary N) is 1. The van der Waals surface area contributed by atoms with Crippen molar-refractivity contribution in [2.24, 2.45) is 0 Å². The number of aromatic nitrogens is 2. The van der Waals surface area contributed by atoms with Crippen LogP contribution in [0, 0.1) is 34.6 Å². The molecule has 1 unspecified atom stereocenters. The second-order valence-electron chi connectivity index (χ2n) is 9.62. The second kappa shape index (κ2) is 9.36. The van der Waals surface area contributed by atoms with Gasteiger partial charge in [0.25, 0.3) is 5.89 Å². The molecule has 0 amide bonds. The summed E-state index contributed by atoms with van der Waals surface area (Å²) in [5.41, 5.74) is 11.0. The molecule has 0 spiro atoms. The molecule has 1 aromatic heterocycles. The van der Waals surface area contributed by atoms with E-state index in [2.05, 4.69) is 105 Å². The number of rotatable bonds is 4. The largest absolute Gasteiger partial charge is 0.351 e. The summed E-state index contributed by atoms with van der Waals surface area (Å²) in [6.45, 7) is 12.6. The fourth-order valence-electron chi connectivity index (χ4n) is 4.54. The first-order valence-corrected chi connectivity index (χ1v) is 12.5. The molecule has 6 heteroatoms. The van der Waals surface area contributed by atoms with E-state index in [4.69, 9.17) is 21.7 Å². The highest BCUT2D eigenvalue weighted by molar-refractivity contribution is 7.80. The highest BCUT2D eigenvalue weighted by Gasteiger charge is 2.35. The van der Waals surface area contributed by atoms with Crippen molar-refractivity contribution < 1.29 is 4.52 Å². The number of hydrogen-bond donors (Lipinski definition) is 1. The van der Waals surface area contributed by atoms with Gasteiger partial charge in [0.05, 0.1) is 11.6 Å². The zero-order chi connectivity index (χ0) is 25.6. The molecule has 0 radical (unpaired) electrons. The molecule has 36 heavy (non-hydrogen) atoms. The van der Waals surface area contributed by atoms with Crippen LogP contribution < -0.4 is 10.2 Å². The van der Waals surface area contributed by atoms with E-state index in [1.807, 2.05) is 12.1 Å². The molecule has 0 saturated carbocycles. The molecule has 5 rings (SSSR count). The molecule has 182 valence electrons. The van der Waals surface area contributed by atoms with Gasteiger partial charge in [-0.2, -0.15) is 4.98 Å². The summed E-state index contributed by atoms with van der Waals surface area (Å²) >= 11 is 5.91. The van der Waals surface area contributed by atoms with Crippen LogP contribution in [-0.2, 0) is 0 Å². The van der Waals surface area contributed by atoms with Crippen LogP contribution in [0.1, 0.15) is 52.2 Å². The molecule has 0 bridgehead atoms. The van der Waals surface area contributed by atoms with Gasteiger partial charge in [-0.25, -0.2) is 0 Å². The normalized spacial score (nSPS) is 15.9. The predicted octanol–water partition coefficient (Wildman–Crippen LogP) is 7.15. The molecule has 3 aromatic carbocycles. The quantitative estimate of drug-likeness (QED) is 0.304. The monoisotopic (exact) mass is 494 g/mol. The molecule has 1 atom stereocenters. The molecule has 0 saturated heterocycles. The molecule has 1 N–H and O–H groups in total. The molecular weight excluding hydrogens is 464 g/mol. The number of benzene rings is 3. The first-order chi connectivity index (χ1) is 17.2. The third-order valence-corrected chi connectivity index (χ3v) is 7.36. The third kappa shape index (κ3) is 4.33.